The second-order valence-corrected chi connectivity index (χ2v) is 2.44. The molecule has 1 heterocycles. The van der Waals surface area contributed by atoms with Gasteiger partial charge in [-0.3, -0.25) is 10.3 Å². The van der Waals surface area contributed by atoms with Gasteiger partial charge >= 0.3 is 0 Å². The molecule has 1 aliphatic rings. The molecule has 1 fully saturated rings. The number of nitrogens with zero attached hydrogens (tertiary/aromatic N) is 1. The maximum Gasteiger partial charge on any atom is 0.246 e. The van der Waals surface area contributed by atoms with Gasteiger partial charge in [0.15, 0.2) is 0 Å². The van der Waals surface area contributed by atoms with Crippen LogP contribution in [0.3, 0.4) is 0 Å². The fourth-order valence-corrected chi connectivity index (χ4v) is 1.03. The van der Waals surface area contributed by atoms with E-state index in [1.807, 2.05) is 6.92 Å². The number of morpholine rings is 1. The first-order valence-corrected chi connectivity index (χ1v) is 3.84. The molecule has 1 radical (unpaired) electrons. The Morgan fingerprint density at radius 3 is 2.50 bits per heavy atom. The molecule has 1 N–H and O–H groups in total. The summed E-state index contributed by atoms with van der Waals surface area (Å²) in [4.78, 5) is 13.0. The number of amides is 1. The Kier molecular flexibility index (Phi) is 5.32. The lowest BCUT2D eigenvalue weighted by atomic mass is 10.4. The van der Waals surface area contributed by atoms with Crippen LogP contribution in [0, 0.1) is 0 Å². The molecule has 1 amide bonds. The quantitative estimate of drug-likeness (QED) is 0.576. The molecule has 1 rings (SSSR count). The van der Waals surface area contributed by atoms with Crippen LogP contribution < -0.4 is 0 Å². The molecule has 1 aliphatic heterocycles. The lowest BCUT2D eigenvalue weighted by molar-refractivity contribution is -0.129. The van der Waals surface area contributed by atoms with Gasteiger partial charge in [-0.05, 0) is 13.0 Å². The van der Waals surface area contributed by atoms with Crippen LogP contribution in [0.2, 0.25) is 0 Å². The molecule has 0 bridgehead atoms. The van der Waals surface area contributed by atoms with Crippen molar-refractivity contribution in [1.82, 2.24) is 4.90 Å². The van der Waals surface area contributed by atoms with Crippen molar-refractivity contribution in [3.63, 3.8) is 0 Å². The number of ether oxygens (including phenoxy) is 1. The first-order valence-electron chi connectivity index (χ1n) is 3.84. The van der Waals surface area contributed by atoms with Crippen molar-refractivity contribution in [2.45, 2.75) is 6.92 Å². The summed E-state index contributed by atoms with van der Waals surface area (Å²) in [6.07, 6.45) is 3.35. The van der Waals surface area contributed by atoms with E-state index in [1.165, 1.54) is 0 Å². The highest BCUT2D eigenvalue weighted by atomic mass is 16.5. The lowest BCUT2D eigenvalue weighted by Gasteiger charge is -2.25. The smallest absolute Gasteiger partial charge is 0.246 e. The topological polar surface area (TPSA) is 59.5 Å². The molecular formula is C8H14NO3. The van der Waals surface area contributed by atoms with Gasteiger partial charge in [0.2, 0.25) is 5.91 Å². The molecular weight excluding hydrogens is 158 g/mol. The van der Waals surface area contributed by atoms with Crippen LogP contribution in [-0.2, 0) is 9.53 Å². The van der Waals surface area contributed by atoms with Gasteiger partial charge in [-0.2, -0.15) is 0 Å². The number of hydrogen-bond donors (Lipinski definition) is 1. The second-order valence-electron chi connectivity index (χ2n) is 2.44. The molecule has 0 unspecified atom stereocenters. The molecule has 4 nitrogen and oxygen atoms in total. The second kappa shape index (κ2) is 5.74. The van der Waals surface area contributed by atoms with Crippen molar-refractivity contribution in [3.8, 4) is 0 Å². The zero-order valence-corrected chi connectivity index (χ0v) is 7.19. The maximum atomic E-state index is 11.2. The lowest BCUT2D eigenvalue weighted by Crippen LogP contribution is -2.39. The Bertz CT molecular complexity index is 162. The minimum atomic E-state index is 0. The molecule has 12 heavy (non-hydrogen) atoms. The van der Waals surface area contributed by atoms with E-state index in [0.717, 1.165) is 13.1 Å². The fourth-order valence-electron chi connectivity index (χ4n) is 1.03. The van der Waals surface area contributed by atoms with E-state index in [2.05, 4.69) is 0 Å². The summed E-state index contributed by atoms with van der Waals surface area (Å²) in [6.45, 7) is 4.64. The Morgan fingerprint density at radius 2 is 2.00 bits per heavy atom. The fraction of sp³-hybridized carbons (Fsp3) is 0.625. The molecule has 0 atom stereocenters. The molecule has 0 saturated carbocycles. The van der Waals surface area contributed by atoms with Crippen molar-refractivity contribution in [2.24, 2.45) is 0 Å². The largest absolute Gasteiger partial charge is 0.378 e. The zero-order valence-electron chi connectivity index (χ0n) is 7.19. The molecule has 0 aliphatic carbocycles. The SMILES string of the molecule is CC=CC(=O)N1CCOCC1.[OH]. The number of carbonyl (C=O) groups excluding carboxylic acids is 1. The Morgan fingerprint density at radius 1 is 1.42 bits per heavy atom. The standard InChI is InChI=1S/C8H13NO2.HO/c1-2-3-8(10)9-4-6-11-7-5-9;/h2-3H,4-7H2,1H3;1H. The molecule has 0 aromatic heterocycles. The zero-order chi connectivity index (χ0) is 8.10. The molecule has 69 valence electrons. The van der Waals surface area contributed by atoms with Gasteiger partial charge in [0.25, 0.3) is 0 Å². The summed E-state index contributed by atoms with van der Waals surface area (Å²) in [5.41, 5.74) is 0. The third-order valence-corrected chi connectivity index (χ3v) is 1.63. The van der Waals surface area contributed by atoms with Crippen LogP contribution in [-0.4, -0.2) is 42.6 Å². The van der Waals surface area contributed by atoms with E-state index >= 15 is 0 Å². The van der Waals surface area contributed by atoms with Crippen LogP contribution in [0.15, 0.2) is 12.2 Å². The average molecular weight is 172 g/mol. The minimum Gasteiger partial charge on any atom is -0.378 e. The third-order valence-electron chi connectivity index (χ3n) is 1.63. The average Bonchev–Trinajstić information content (AvgIpc) is 2.07. The summed E-state index contributed by atoms with van der Waals surface area (Å²) in [5, 5.41) is 0. The Hall–Kier alpha value is -0.870. The van der Waals surface area contributed by atoms with Gasteiger partial charge in [0.1, 0.15) is 0 Å². The molecule has 0 spiro atoms. The first kappa shape index (κ1) is 11.1. The maximum absolute atomic E-state index is 11.2. The van der Waals surface area contributed by atoms with E-state index in [0.29, 0.717) is 13.2 Å². The van der Waals surface area contributed by atoms with Crippen LogP contribution in [0.4, 0.5) is 0 Å². The summed E-state index contributed by atoms with van der Waals surface area (Å²) < 4.78 is 5.11. The van der Waals surface area contributed by atoms with Crippen molar-refractivity contribution in [1.29, 1.82) is 0 Å². The van der Waals surface area contributed by atoms with E-state index in [4.69, 9.17) is 4.74 Å². The Labute approximate surface area is 72.1 Å². The molecule has 1 saturated heterocycles. The van der Waals surface area contributed by atoms with Gasteiger partial charge in [-0.25, -0.2) is 0 Å². The predicted octanol–water partition coefficient (Wildman–Crippen LogP) is 0.244. The highest BCUT2D eigenvalue weighted by molar-refractivity contribution is 5.87. The van der Waals surface area contributed by atoms with Gasteiger partial charge in [0.05, 0.1) is 13.2 Å². The van der Waals surface area contributed by atoms with Crippen molar-refractivity contribution < 1.29 is 15.0 Å². The van der Waals surface area contributed by atoms with E-state index in [9.17, 15) is 4.79 Å². The molecule has 0 aromatic carbocycles. The van der Waals surface area contributed by atoms with Crippen LogP contribution >= 0.6 is 0 Å². The monoisotopic (exact) mass is 172 g/mol. The van der Waals surface area contributed by atoms with Crippen LogP contribution in [0.1, 0.15) is 6.92 Å². The number of allylic oxidation sites excluding steroid dienone is 1. The third kappa shape index (κ3) is 3.02. The van der Waals surface area contributed by atoms with Crippen molar-refractivity contribution in [2.75, 3.05) is 26.3 Å². The number of rotatable bonds is 1. The van der Waals surface area contributed by atoms with Crippen LogP contribution in [0.5, 0.6) is 0 Å². The van der Waals surface area contributed by atoms with Crippen molar-refractivity contribution in [3.05, 3.63) is 12.2 Å². The van der Waals surface area contributed by atoms with E-state index in [1.54, 1.807) is 17.1 Å². The summed E-state index contributed by atoms with van der Waals surface area (Å²) in [5.74, 6) is 0.0933. The van der Waals surface area contributed by atoms with Crippen molar-refractivity contribution >= 4 is 5.91 Å². The minimum absolute atomic E-state index is 0. The summed E-state index contributed by atoms with van der Waals surface area (Å²) in [7, 11) is 0. The van der Waals surface area contributed by atoms with E-state index in [-0.39, 0.29) is 11.4 Å². The highest BCUT2D eigenvalue weighted by Crippen LogP contribution is 1.97. The summed E-state index contributed by atoms with van der Waals surface area (Å²) in [6, 6.07) is 0. The van der Waals surface area contributed by atoms with Gasteiger partial charge in [0, 0.05) is 13.1 Å². The predicted molar refractivity (Wildman–Crippen MR) is 44.1 cm³/mol. The Balaban J connectivity index is 0.00000121. The van der Waals surface area contributed by atoms with Gasteiger partial charge in [-0.1, -0.05) is 6.08 Å². The number of hydrogen-bond acceptors (Lipinski definition) is 2. The van der Waals surface area contributed by atoms with Gasteiger partial charge < -0.3 is 9.64 Å². The highest BCUT2D eigenvalue weighted by Gasteiger charge is 2.13. The number of carbonyl (C=O) groups is 1. The first-order chi connectivity index (χ1) is 5.34. The van der Waals surface area contributed by atoms with E-state index < -0.39 is 0 Å². The van der Waals surface area contributed by atoms with Crippen LogP contribution in [0.25, 0.3) is 0 Å². The van der Waals surface area contributed by atoms with Gasteiger partial charge in [-0.15, -0.1) is 0 Å². The normalized spacial score (nSPS) is 17.6. The molecule has 4 heteroatoms. The summed E-state index contributed by atoms with van der Waals surface area (Å²) >= 11 is 0. The molecule has 0 aromatic rings.